The molecule has 15 aromatic carbocycles. The first-order valence-corrected chi connectivity index (χ1v) is 53.2. The van der Waals surface area contributed by atoms with Crippen LogP contribution in [0, 0.1) is 89.4 Å². The maximum atomic E-state index is 13.6. The first kappa shape index (κ1) is 97.0. The van der Waals surface area contributed by atoms with E-state index in [4.69, 9.17) is 23.7 Å². The Morgan fingerprint density at radius 3 is 0.801 bits per heavy atom. The smallest absolute Gasteiger partial charge is 0.356 e. The average Bonchev–Trinajstić information content (AvgIpc) is 1.52. The summed E-state index contributed by atoms with van der Waals surface area (Å²) in [5.41, 5.74) is 5.76. The zero-order chi connectivity index (χ0) is 95.3. The van der Waals surface area contributed by atoms with Crippen molar-refractivity contribution in [3.05, 3.63) is 421 Å². The molecule has 136 heavy (non-hydrogen) atoms. The van der Waals surface area contributed by atoms with Crippen LogP contribution in [0.25, 0.3) is 0 Å². The van der Waals surface area contributed by atoms with Gasteiger partial charge in [0.25, 0.3) is 0 Å². The van der Waals surface area contributed by atoms with Gasteiger partial charge in [-0.1, -0.05) is 196 Å². The summed E-state index contributed by atoms with van der Waals surface area (Å²) in [7, 11) is 2.60. The fourth-order valence-corrected chi connectivity index (χ4v) is 32.1. The summed E-state index contributed by atoms with van der Waals surface area (Å²) < 4.78 is 28.7. The number of carbonyl (C=O) groups excluding carboxylic acids is 3. The third-order valence-electron chi connectivity index (χ3n) is 27.5. The number of aryl methyl sites for hydroxylation is 8. The highest BCUT2D eigenvalue weighted by atomic mass is 32.2. The van der Waals surface area contributed by atoms with Gasteiger partial charge in [0.05, 0.1) is 80.5 Å². The molecule has 0 aromatic heterocycles. The Labute approximate surface area is 819 Å². The first-order valence-electron chi connectivity index (χ1n) is 47.0. The van der Waals surface area contributed by atoms with E-state index in [1.54, 1.807) is 14.2 Å². The molecule has 6 aliphatic rings. The lowest BCUT2D eigenvalue weighted by Gasteiger charge is -2.56. The number of carbonyl (C=O) groups is 3. The Morgan fingerprint density at radius 1 is 0.316 bits per heavy atom. The molecule has 2 unspecified atom stereocenters. The molecule has 15 aromatic rings. The Bertz CT molecular complexity index is 6250. The Hall–Kier alpha value is -12.1. The van der Waals surface area contributed by atoms with Crippen LogP contribution in [-0.4, -0.2) is 42.8 Å². The van der Waals surface area contributed by atoms with Gasteiger partial charge in [0.2, 0.25) is 5.60 Å². The number of ether oxygens (including phenoxy) is 5. The Balaban J connectivity index is 0.000000126. The zero-order valence-electron chi connectivity index (χ0n) is 80.1. The number of hydrogen-bond acceptors (Lipinski definition) is 9. The predicted octanol–water partition coefficient (Wildman–Crippen LogP) is 29.6. The summed E-state index contributed by atoms with van der Waals surface area (Å²) in [6.07, 6.45) is 9.63. The highest BCUT2D eigenvalue weighted by molar-refractivity contribution is 7.98. The van der Waals surface area contributed by atoms with Crippen molar-refractivity contribution < 1.29 is 43.2 Å². The molecule has 690 valence electrons. The third kappa shape index (κ3) is 21.5. The number of aromatic hydroxyl groups is 1. The third-order valence-corrected chi connectivity index (χ3v) is 38.5. The summed E-state index contributed by atoms with van der Waals surface area (Å²) in [6, 6.07) is 132. The molecule has 2 atom stereocenters. The molecule has 1 heterocycles. The number of phenolic OH excluding ortho intramolecular Hbond substituents is 1. The van der Waals surface area contributed by atoms with Gasteiger partial charge in [-0.2, -0.15) is 0 Å². The lowest BCUT2D eigenvalue weighted by molar-refractivity contribution is -0.176. The van der Waals surface area contributed by atoms with Crippen LogP contribution in [0.3, 0.4) is 0 Å². The molecule has 6 bridgehead atoms. The van der Waals surface area contributed by atoms with Crippen molar-refractivity contribution in [1.29, 1.82) is 0 Å². The molecule has 21 rings (SSSR count). The fraction of sp³-hybridized carbons (Fsp3) is 0.238. The second-order valence-corrected chi connectivity index (χ2v) is 47.4. The van der Waals surface area contributed by atoms with Crippen LogP contribution in [0.2, 0.25) is 0 Å². The maximum absolute atomic E-state index is 13.6. The van der Waals surface area contributed by atoms with Crippen LogP contribution in [0.4, 0.5) is 0 Å². The van der Waals surface area contributed by atoms with Crippen molar-refractivity contribution in [3.63, 3.8) is 0 Å². The van der Waals surface area contributed by atoms with Crippen LogP contribution in [0.15, 0.2) is 450 Å². The first-order chi connectivity index (χ1) is 65.8. The SMILES string of the molecule is COc1c(C)cc([S+](c2ccccc2)c2ccccc2)cc1C.COc1ccc([S+](c2ccccc2)c2ccccc2)cc1.Cc1cc([S+](c2ccccc2)c2ccccc2)cc(C)c1O.Cc1cc([S+](c2ccccc2)c2ccccc2)cc(C)c1OC(=O)C12CCC(C)(C(=O)O1)C2(C)C.Cc1cc([S+](c2ccccc2)c2ccccc2)cc(C)c1OC(=O)CC12CC3CC(CC(C3)C1)C2. The minimum Gasteiger partial charge on any atom is -0.507 e. The van der Waals surface area contributed by atoms with E-state index in [0.717, 1.165) is 73.3 Å². The van der Waals surface area contributed by atoms with Crippen molar-refractivity contribution in [2.75, 3.05) is 14.2 Å². The lowest BCUT2D eigenvalue weighted by atomic mass is 9.49. The van der Waals surface area contributed by atoms with E-state index in [-0.39, 0.29) is 71.8 Å². The number of rotatable bonds is 22. The van der Waals surface area contributed by atoms with Crippen molar-refractivity contribution in [3.8, 4) is 28.7 Å². The van der Waals surface area contributed by atoms with E-state index in [1.807, 2.05) is 84.9 Å². The number of hydrogen-bond donors (Lipinski definition) is 1. The molecule has 1 aliphatic heterocycles. The van der Waals surface area contributed by atoms with E-state index in [9.17, 15) is 19.5 Å². The molecule has 9 nitrogen and oxygen atoms in total. The van der Waals surface area contributed by atoms with Gasteiger partial charge in [-0.05, 0) is 327 Å². The van der Waals surface area contributed by atoms with E-state index in [2.05, 4.69) is 367 Å². The molecule has 0 spiro atoms. The standard InChI is InChI=1S/C32H35O2S.C30H31O4S.C21H21OS.C20H18OS.C19H17OS/c1-22-13-29(35(27-9-5-3-6-10-27)28-11-7-4-8-12-28)14-23(2)31(22)34-30(33)21-32-18-24-15-25(19-32)17-26(16-24)20-32;1-20-18-24(35(22-12-8-6-9-13-22)23-14-10-7-11-15-23)19-21(2)25(20)33-27(32)30-17-16-29(5,26(31)34-30)28(30,3)4;1-16-14-20(15-17(2)21(16)22-3)23(18-10-6-4-7-11-18)19-12-8-5-9-13-19;1-15-13-19(14-16(2)20(15)21)22(17-9-5-3-6-10-17)18-11-7-4-8-12-18;1-20-16-12-14-19(15-13-16)21(17-8-4-2-5-9-17)18-10-6-3-7-11-18/h3-14,24-26H,15-21H2,1-2H3;6-15,18-19H,16-17H2,1-5H3;4-15H,1-3H3;3-14H,1-2H3;2-15H,1H3/q3*+1;;+1/p+1. The topological polar surface area (TPSA) is 118 Å². The van der Waals surface area contributed by atoms with Crippen molar-refractivity contribution >= 4 is 72.4 Å². The average molecular weight is 1890 g/mol. The molecule has 5 aliphatic carbocycles. The number of methoxy groups -OCH3 is 2. The lowest BCUT2D eigenvalue weighted by Crippen LogP contribution is -2.50. The number of fused-ring (bicyclic) bond motifs is 2. The number of phenols is 1. The maximum Gasteiger partial charge on any atom is 0.356 e. The van der Waals surface area contributed by atoms with Gasteiger partial charge in [0, 0.05) is 53.9 Å². The Kier molecular flexibility index (Phi) is 31.0. The summed E-state index contributed by atoms with van der Waals surface area (Å²) in [5, 5.41) is 10.1. The predicted molar refractivity (Wildman–Crippen MR) is 557 cm³/mol. The minimum absolute atomic E-state index is 0.0315. The van der Waals surface area contributed by atoms with Crippen LogP contribution < -0.4 is 18.9 Å². The molecule has 0 radical (unpaired) electrons. The van der Waals surface area contributed by atoms with Crippen LogP contribution in [-0.2, 0) is 73.6 Å². The van der Waals surface area contributed by atoms with E-state index in [0.29, 0.717) is 30.8 Å². The Morgan fingerprint density at radius 2 is 0.559 bits per heavy atom. The zero-order valence-corrected chi connectivity index (χ0v) is 84.2. The van der Waals surface area contributed by atoms with Gasteiger partial charge in [-0.15, -0.1) is 0 Å². The molecule has 1 saturated heterocycles. The molecule has 6 fully saturated rings. The highest BCUT2D eigenvalue weighted by Crippen LogP contribution is 2.66. The number of benzene rings is 15. The van der Waals surface area contributed by atoms with Crippen LogP contribution >= 0.6 is 0 Å². The van der Waals surface area contributed by atoms with Gasteiger partial charge in [0.15, 0.2) is 73.4 Å². The molecule has 1 N–H and O–H groups in total. The van der Waals surface area contributed by atoms with Crippen LogP contribution in [0.1, 0.15) is 123 Å². The largest absolute Gasteiger partial charge is 0.507 e. The normalized spacial score (nSPS) is 18.4. The monoisotopic (exact) mass is 1890 g/mol. The van der Waals surface area contributed by atoms with Gasteiger partial charge in [0.1, 0.15) is 28.7 Å². The van der Waals surface area contributed by atoms with E-state index >= 15 is 0 Å². The molecule has 0 amide bonds. The summed E-state index contributed by atoms with van der Waals surface area (Å²) in [5.74, 6) is 5.33. The van der Waals surface area contributed by atoms with Gasteiger partial charge < -0.3 is 28.8 Å². The van der Waals surface area contributed by atoms with Gasteiger partial charge in [-0.3, -0.25) is 9.59 Å². The quantitative estimate of drug-likeness (QED) is 0.0402. The summed E-state index contributed by atoms with van der Waals surface area (Å²) in [4.78, 5) is 58.7. The second-order valence-electron chi connectivity index (χ2n) is 37.2. The van der Waals surface area contributed by atoms with Crippen molar-refractivity contribution in [2.24, 2.45) is 34.0 Å². The van der Waals surface area contributed by atoms with Crippen molar-refractivity contribution in [1.82, 2.24) is 0 Å². The molecule has 5 saturated carbocycles. The highest BCUT2D eigenvalue weighted by Gasteiger charge is 2.76. The van der Waals surface area contributed by atoms with Crippen LogP contribution in [0.5, 0.6) is 28.7 Å². The number of esters is 3. The van der Waals surface area contributed by atoms with Gasteiger partial charge in [-0.25, -0.2) is 4.79 Å². The van der Waals surface area contributed by atoms with E-state index in [1.165, 1.54) is 118 Å². The summed E-state index contributed by atoms with van der Waals surface area (Å²) >= 11 is 0. The molecular weight excluding hydrogens is 1770 g/mol. The summed E-state index contributed by atoms with van der Waals surface area (Å²) in [6.45, 7) is 22.1. The second kappa shape index (κ2) is 43.5. The van der Waals surface area contributed by atoms with Gasteiger partial charge >= 0.3 is 17.9 Å². The molecular formula is C122H123O9S5+5. The molecule has 14 heteroatoms. The van der Waals surface area contributed by atoms with E-state index < -0.39 is 22.4 Å². The fourth-order valence-electron chi connectivity index (χ4n) is 20.9. The van der Waals surface area contributed by atoms with Crippen molar-refractivity contribution in [2.45, 2.75) is 213 Å². The minimum atomic E-state index is -1.24.